The third-order valence-electron chi connectivity index (χ3n) is 3.42. The summed E-state index contributed by atoms with van der Waals surface area (Å²) in [5, 5.41) is 4.50. The summed E-state index contributed by atoms with van der Waals surface area (Å²) >= 11 is 1.68. The van der Waals surface area contributed by atoms with E-state index in [0.717, 1.165) is 16.2 Å². The summed E-state index contributed by atoms with van der Waals surface area (Å²) in [5.41, 5.74) is 2.08. The molecular formula is C13H16N2O2S2. The van der Waals surface area contributed by atoms with E-state index in [1.807, 2.05) is 19.1 Å². The predicted octanol–water partition coefficient (Wildman–Crippen LogP) is 2.59. The number of aryl methyl sites for hydroxylation is 1. The zero-order chi connectivity index (χ0) is 13.5. The Labute approximate surface area is 116 Å². The van der Waals surface area contributed by atoms with Gasteiger partial charge in [0.25, 0.3) is 0 Å². The van der Waals surface area contributed by atoms with Gasteiger partial charge in [-0.25, -0.2) is 13.4 Å². The van der Waals surface area contributed by atoms with Gasteiger partial charge in [0, 0.05) is 11.7 Å². The average Bonchev–Trinajstić information content (AvgIpc) is 2.71. The number of thiazole rings is 1. The fraction of sp³-hybridized carbons (Fsp3) is 0.462. The Morgan fingerprint density at radius 1 is 1.32 bits per heavy atom. The highest BCUT2D eigenvalue weighted by Gasteiger charge is 2.23. The van der Waals surface area contributed by atoms with Gasteiger partial charge < -0.3 is 5.32 Å². The number of fused-ring (bicyclic) bond motifs is 1. The highest BCUT2D eigenvalue weighted by atomic mass is 32.2. The van der Waals surface area contributed by atoms with E-state index >= 15 is 0 Å². The lowest BCUT2D eigenvalue weighted by atomic mass is 10.1. The van der Waals surface area contributed by atoms with Gasteiger partial charge in [0.15, 0.2) is 0 Å². The van der Waals surface area contributed by atoms with Crippen molar-refractivity contribution in [3.05, 3.63) is 23.2 Å². The van der Waals surface area contributed by atoms with Crippen LogP contribution < -0.4 is 5.32 Å². The first-order chi connectivity index (χ1) is 9.02. The molecule has 0 bridgehead atoms. The molecular weight excluding hydrogens is 280 g/mol. The number of rotatable bonds is 2. The molecule has 1 aliphatic rings. The van der Waals surface area contributed by atoms with Gasteiger partial charge in [-0.15, -0.1) is 11.3 Å². The number of nitrogens with zero attached hydrogens (tertiary/aromatic N) is 1. The highest BCUT2D eigenvalue weighted by molar-refractivity contribution is 7.91. The zero-order valence-corrected chi connectivity index (χ0v) is 12.4. The van der Waals surface area contributed by atoms with Crippen molar-refractivity contribution < 1.29 is 8.42 Å². The smallest absolute Gasteiger partial charge is 0.150 e. The Bertz CT molecular complexity index is 693. The van der Waals surface area contributed by atoms with Crippen molar-refractivity contribution in [3.63, 3.8) is 0 Å². The SMILES string of the molecule is Cc1nc2ccc(NC3CCS(=O)(=O)CC3)cc2s1. The lowest BCUT2D eigenvalue weighted by molar-refractivity contribution is 0.559. The molecule has 0 aliphatic carbocycles. The molecule has 102 valence electrons. The summed E-state index contributed by atoms with van der Waals surface area (Å²) in [6.07, 6.45) is 1.39. The van der Waals surface area contributed by atoms with Crippen LogP contribution in [0.5, 0.6) is 0 Å². The molecule has 2 aromatic rings. The number of aromatic nitrogens is 1. The molecule has 0 atom stereocenters. The second kappa shape index (κ2) is 4.76. The van der Waals surface area contributed by atoms with E-state index in [1.165, 1.54) is 4.70 Å². The molecule has 1 fully saturated rings. The summed E-state index contributed by atoms with van der Waals surface area (Å²) in [6, 6.07) is 6.39. The highest BCUT2D eigenvalue weighted by Crippen LogP contribution is 2.26. The molecule has 19 heavy (non-hydrogen) atoms. The van der Waals surface area contributed by atoms with Crippen molar-refractivity contribution in [1.29, 1.82) is 0 Å². The van der Waals surface area contributed by atoms with Crippen LogP contribution in [0.2, 0.25) is 0 Å². The molecule has 3 rings (SSSR count). The van der Waals surface area contributed by atoms with E-state index in [9.17, 15) is 8.42 Å². The van der Waals surface area contributed by atoms with Crippen LogP contribution in [0.3, 0.4) is 0 Å². The molecule has 6 heteroatoms. The second-order valence-electron chi connectivity index (χ2n) is 4.99. The summed E-state index contributed by atoms with van der Waals surface area (Å²) in [7, 11) is -2.79. The molecule has 2 heterocycles. The second-order valence-corrected chi connectivity index (χ2v) is 8.52. The first-order valence-corrected chi connectivity index (χ1v) is 9.00. The summed E-state index contributed by atoms with van der Waals surface area (Å²) < 4.78 is 24.0. The molecule has 0 saturated carbocycles. The predicted molar refractivity (Wildman–Crippen MR) is 79.7 cm³/mol. The molecule has 0 spiro atoms. The maximum atomic E-state index is 11.4. The molecule has 4 nitrogen and oxygen atoms in total. The first kappa shape index (κ1) is 12.9. The van der Waals surface area contributed by atoms with Crippen LogP contribution in [0.4, 0.5) is 5.69 Å². The van der Waals surface area contributed by atoms with Gasteiger partial charge in [-0.05, 0) is 38.0 Å². The van der Waals surface area contributed by atoms with Crippen molar-refractivity contribution in [2.24, 2.45) is 0 Å². The number of nitrogens with one attached hydrogen (secondary N) is 1. The van der Waals surface area contributed by atoms with Crippen molar-refractivity contribution >= 4 is 37.1 Å². The standard InChI is InChI=1S/C13H16N2O2S2/c1-9-14-12-3-2-11(8-13(12)18-9)15-10-4-6-19(16,17)7-5-10/h2-3,8,10,15H,4-7H2,1H3. The third kappa shape index (κ3) is 2.90. The minimum absolute atomic E-state index is 0.259. The molecule has 1 aromatic heterocycles. The monoisotopic (exact) mass is 296 g/mol. The molecule has 1 saturated heterocycles. The van der Waals surface area contributed by atoms with Crippen molar-refractivity contribution in [2.45, 2.75) is 25.8 Å². The Kier molecular flexibility index (Phi) is 3.22. The van der Waals surface area contributed by atoms with Gasteiger partial charge in [0.05, 0.1) is 26.7 Å². The molecule has 1 aliphatic heterocycles. The fourth-order valence-electron chi connectivity index (χ4n) is 2.40. The Morgan fingerprint density at radius 2 is 2.05 bits per heavy atom. The quantitative estimate of drug-likeness (QED) is 0.925. The van der Waals surface area contributed by atoms with Crippen LogP contribution in [-0.2, 0) is 9.84 Å². The third-order valence-corrected chi connectivity index (χ3v) is 6.07. The maximum absolute atomic E-state index is 11.4. The number of hydrogen-bond acceptors (Lipinski definition) is 5. The summed E-state index contributed by atoms with van der Waals surface area (Å²) in [5.74, 6) is 0.596. The van der Waals surface area contributed by atoms with Crippen LogP contribution in [0.1, 0.15) is 17.8 Å². The summed E-state index contributed by atoms with van der Waals surface area (Å²) in [6.45, 7) is 2.00. The van der Waals surface area contributed by atoms with Crippen LogP contribution in [-0.4, -0.2) is 30.9 Å². The van der Waals surface area contributed by atoms with E-state index in [1.54, 1.807) is 11.3 Å². The van der Waals surface area contributed by atoms with Crippen LogP contribution in [0.25, 0.3) is 10.2 Å². The van der Waals surface area contributed by atoms with Gasteiger partial charge in [-0.2, -0.15) is 0 Å². The minimum atomic E-state index is -2.79. The normalized spacial score (nSPS) is 19.6. The van der Waals surface area contributed by atoms with Gasteiger partial charge in [-0.3, -0.25) is 0 Å². The van der Waals surface area contributed by atoms with Crippen LogP contribution in [0, 0.1) is 6.92 Å². The number of benzene rings is 1. The number of hydrogen-bond donors (Lipinski definition) is 1. The van der Waals surface area contributed by atoms with E-state index in [-0.39, 0.29) is 6.04 Å². The number of sulfone groups is 1. The topological polar surface area (TPSA) is 59.1 Å². The van der Waals surface area contributed by atoms with Crippen molar-refractivity contribution in [3.8, 4) is 0 Å². The minimum Gasteiger partial charge on any atom is -0.382 e. The van der Waals surface area contributed by atoms with Gasteiger partial charge in [-0.1, -0.05) is 0 Å². The Balaban J connectivity index is 1.75. The molecule has 1 aromatic carbocycles. The van der Waals surface area contributed by atoms with Gasteiger partial charge in [0.1, 0.15) is 9.84 Å². The van der Waals surface area contributed by atoms with Crippen LogP contribution in [0.15, 0.2) is 18.2 Å². The van der Waals surface area contributed by atoms with Crippen molar-refractivity contribution in [1.82, 2.24) is 4.98 Å². The lowest BCUT2D eigenvalue weighted by Crippen LogP contribution is -2.32. The van der Waals surface area contributed by atoms with E-state index < -0.39 is 9.84 Å². The zero-order valence-electron chi connectivity index (χ0n) is 10.7. The van der Waals surface area contributed by atoms with Crippen LogP contribution >= 0.6 is 11.3 Å². The van der Waals surface area contributed by atoms with Gasteiger partial charge in [0.2, 0.25) is 0 Å². The molecule has 0 radical (unpaired) electrons. The number of anilines is 1. The van der Waals surface area contributed by atoms with Crippen molar-refractivity contribution in [2.75, 3.05) is 16.8 Å². The Morgan fingerprint density at radius 3 is 2.79 bits per heavy atom. The lowest BCUT2D eigenvalue weighted by Gasteiger charge is -2.24. The van der Waals surface area contributed by atoms with E-state index in [4.69, 9.17) is 0 Å². The van der Waals surface area contributed by atoms with E-state index in [2.05, 4.69) is 16.4 Å². The molecule has 0 amide bonds. The Hall–Kier alpha value is -1.14. The molecule has 0 unspecified atom stereocenters. The fourth-order valence-corrected chi connectivity index (χ4v) is 4.76. The van der Waals surface area contributed by atoms with Gasteiger partial charge >= 0.3 is 0 Å². The summed E-state index contributed by atoms with van der Waals surface area (Å²) in [4.78, 5) is 4.43. The largest absolute Gasteiger partial charge is 0.382 e. The van der Waals surface area contributed by atoms with E-state index in [0.29, 0.717) is 24.3 Å². The maximum Gasteiger partial charge on any atom is 0.150 e. The molecule has 1 N–H and O–H groups in total. The average molecular weight is 296 g/mol. The first-order valence-electron chi connectivity index (χ1n) is 6.36.